The van der Waals surface area contributed by atoms with Gasteiger partial charge in [-0.2, -0.15) is 0 Å². The summed E-state index contributed by atoms with van der Waals surface area (Å²) in [5, 5.41) is 6.75. The number of benzene rings is 3. The van der Waals surface area contributed by atoms with Gasteiger partial charge in [0.2, 0.25) is 5.91 Å². The van der Waals surface area contributed by atoms with Crippen molar-refractivity contribution in [2.45, 2.75) is 12.1 Å². The molecule has 172 valence electrons. The molecule has 3 aromatic carbocycles. The second-order valence-electron chi connectivity index (χ2n) is 7.43. The topological polar surface area (TPSA) is 93.1 Å². The molecule has 0 aliphatic carbocycles. The van der Waals surface area contributed by atoms with Gasteiger partial charge >= 0.3 is 0 Å². The van der Waals surface area contributed by atoms with Crippen molar-refractivity contribution < 1.29 is 9.59 Å². The zero-order valence-corrected chi connectivity index (χ0v) is 20.0. The van der Waals surface area contributed by atoms with Gasteiger partial charge in [-0.1, -0.05) is 41.6 Å². The first-order valence-electron chi connectivity index (χ1n) is 10.4. The van der Waals surface area contributed by atoms with Gasteiger partial charge in [0.05, 0.1) is 22.3 Å². The lowest BCUT2D eigenvalue weighted by Crippen LogP contribution is -2.23. The van der Waals surface area contributed by atoms with E-state index in [1.165, 1.54) is 4.57 Å². The van der Waals surface area contributed by atoms with Crippen LogP contribution in [0.4, 0.5) is 5.69 Å². The largest absolute Gasteiger partial charge is 0.355 e. The van der Waals surface area contributed by atoms with E-state index in [1.807, 2.05) is 13.0 Å². The number of fused-ring (bicyclic) bond motifs is 1. The van der Waals surface area contributed by atoms with Crippen molar-refractivity contribution in [3.63, 3.8) is 0 Å². The molecule has 0 fully saturated rings. The van der Waals surface area contributed by atoms with Crippen LogP contribution in [0, 0.1) is 6.92 Å². The van der Waals surface area contributed by atoms with Crippen molar-refractivity contribution in [3.05, 3.63) is 93.2 Å². The molecule has 0 bridgehead atoms. The number of nitrogens with one attached hydrogen (secondary N) is 2. The Labute approximate surface area is 205 Å². The second-order valence-corrected chi connectivity index (χ2v) is 8.78. The van der Waals surface area contributed by atoms with Crippen LogP contribution in [0.2, 0.25) is 5.02 Å². The number of rotatable bonds is 6. The molecule has 7 nitrogen and oxygen atoms in total. The smallest absolute Gasteiger partial charge is 0.266 e. The molecular formula is C25H21ClN4O3S. The van der Waals surface area contributed by atoms with Crippen molar-refractivity contribution >= 4 is 51.8 Å². The molecule has 0 radical (unpaired) electrons. The van der Waals surface area contributed by atoms with Crippen LogP contribution in [0.3, 0.4) is 0 Å². The SMILES string of the molecule is CNC(=O)c1ccc(NC(=O)CSc2nc3ccccc3c(=O)n2-c2cccc(Cl)c2C)cc1. The van der Waals surface area contributed by atoms with Crippen LogP contribution >= 0.6 is 23.4 Å². The summed E-state index contributed by atoms with van der Waals surface area (Å²) in [5.74, 6) is -0.443. The summed E-state index contributed by atoms with van der Waals surface area (Å²) in [5.41, 5.74) is 2.73. The number of carbonyl (C=O) groups excluding carboxylic acids is 2. The normalized spacial score (nSPS) is 10.8. The van der Waals surface area contributed by atoms with Gasteiger partial charge in [0.25, 0.3) is 11.5 Å². The summed E-state index contributed by atoms with van der Waals surface area (Å²) in [7, 11) is 1.56. The molecule has 0 aliphatic heterocycles. The Balaban J connectivity index is 1.62. The quantitative estimate of drug-likeness (QED) is 0.306. The summed E-state index contributed by atoms with van der Waals surface area (Å²) in [6.45, 7) is 1.84. The Bertz CT molecular complexity index is 1450. The van der Waals surface area contributed by atoms with E-state index in [1.54, 1.807) is 67.7 Å². The highest BCUT2D eigenvalue weighted by atomic mass is 35.5. The van der Waals surface area contributed by atoms with Crippen LogP contribution in [-0.4, -0.2) is 34.2 Å². The van der Waals surface area contributed by atoms with Crippen LogP contribution in [0.15, 0.2) is 76.7 Å². The molecule has 1 aromatic heterocycles. The Morgan fingerprint density at radius 3 is 2.50 bits per heavy atom. The minimum absolute atomic E-state index is 0.0294. The number of hydrogen-bond donors (Lipinski definition) is 2. The minimum atomic E-state index is -0.269. The second kappa shape index (κ2) is 10.1. The molecular weight excluding hydrogens is 472 g/mol. The van der Waals surface area contributed by atoms with Crippen LogP contribution in [0.5, 0.6) is 0 Å². The summed E-state index contributed by atoms with van der Waals surface area (Å²) < 4.78 is 1.50. The molecule has 4 aromatic rings. The monoisotopic (exact) mass is 492 g/mol. The molecule has 0 aliphatic rings. The first kappa shape index (κ1) is 23.5. The van der Waals surface area contributed by atoms with Crippen molar-refractivity contribution in [1.82, 2.24) is 14.9 Å². The third-order valence-electron chi connectivity index (χ3n) is 5.22. The van der Waals surface area contributed by atoms with E-state index in [-0.39, 0.29) is 23.1 Å². The van der Waals surface area contributed by atoms with Crippen LogP contribution < -0.4 is 16.2 Å². The maximum absolute atomic E-state index is 13.4. The predicted octanol–water partition coefficient (Wildman–Crippen LogP) is 4.44. The predicted molar refractivity (Wildman–Crippen MR) is 136 cm³/mol. The van der Waals surface area contributed by atoms with Crippen LogP contribution in [0.1, 0.15) is 15.9 Å². The number of halogens is 1. The summed E-state index contributed by atoms with van der Waals surface area (Å²) in [4.78, 5) is 42.4. The molecule has 4 rings (SSSR count). The maximum atomic E-state index is 13.4. The summed E-state index contributed by atoms with van der Waals surface area (Å²) >= 11 is 7.47. The number of aromatic nitrogens is 2. The molecule has 1 heterocycles. The molecule has 9 heteroatoms. The van der Waals surface area contributed by atoms with Gasteiger partial charge in [-0.25, -0.2) is 4.98 Å². The maximum Gasteiger partial charge on any atom is 0.266 e. The fraction of sp³-hybridized carbons (Fsp3) is 0.120. The Hall–Kier alpha value is -3.62. The van der Waals surface area contributed by atoms with E-state index >= 15 is 0 Å². The number of carbonyl (C=O) groups is 2. The Morgan fingerprint density at radius 1 is 1.03 bits per heavy atom. The first-order chi connectivity index (χ1) is 16.4. The number of nitrogens with zero attached hydrogens (tertiary/aromatic N) is 2. The molecule has 0 atom stereocenters. The van der Waals surface area contributed by atoms with Gasteiger partial charge < -0.3 is 10.6 Å². The van der Waals surface area contributed by atoms with E-state index in [0.717, 1.165) is 17.3 Å². The zero-order chi connectivity index (χ0) is 24.2. The molecule has 0 unspecified atom stereocenters. The van der Waals surface area contributed by atoms with Gasteiger partial charge in [0.15, 0.2) is 5.16 Å². The number of para-hydroxylation sites is 1. The van der Waals surface area contributed by atoms with Crippen LogP contribution in [-0.2, 0) is 4.79 Å². The van der Waals surface area contributed by atoms with Gasteiger partial charge in [-0.15, -0.1) is 0 Å². The summed E-state index contributed by atoms with van der Waals surface area (Å²) in [6, 6.07) is 19.0. The fourth-order valence-electron chi connectivity index (χ4n) is 3.44. The number of thioether (sulfide) groups is 1. The van der Waals surface area contributed by atoms with Crippen molar-refractivity contribution in [2.24, 2.45) is 0 Å². The van der Waals surface area contributed by atoms with E-state index in [2.05, 4.69) is 15.6 Å². The minimum Gasteiger partial charge on any atom is -0.355 e. The number of amides is 2. The van der Waals surface area contributed by atoms with Crippen molar-refractivity contribution in [2.75, 3.05) is 18.1 Å². The number of anilines is 1. The summed E-state index contributed by atoms with van der Waals surface area (Å²) in [6.07, 6.45) is 0. The van der Waals surface area contributed by atoms with E-state index in [0.29, 0.717) is 38.0 Å². The highest BCUT2D eigenvalue weighted by Gasteiger charge is 2.17. The molecule has 2 N–H and O–H groups in total. The third-order valence-corrected chi connectivity index (χ3v) is 6.56. The average molecular weight is 493 g/mol. The molecule has 34 heavy (non-hydrogen) atoms. The lowest BCUT2D eigenvalue weighted by Gasteiger charge is -2.15. The molecule has 0 spiro atoms. The standard InChI is InChI=1S/C25H21ClN4O3S/c1-15-19(26)7-5-9-21(15)30-24(33)18-6-3-4-8-20(18)29-25(30)34-14-22(31)28-17-12-10-16(11-13-17)23(32)27-2/h3-13H,14H2,1-2H3,(H,27,32)(H,28,31). The lowest BCUT2D eigenvalue weighted by atomic mass is 10.2. The molecule has 2 amide bonds. The molecule has 0 saturated heterocycles. The van der Waals surface area contributed by atoms with Crippen LogP contribution in [0.25, 0.3) is 16.6 Å². The van der Waals surface area contributed by atoms with E-state index in [4.69, 9.17) is 11.6 Å². The highest BCUT2D eigenvalue weighted by molar-refractivity contribution is 7.99. The van der Waals surface area contributed by atoms with Gasteiger partial charge in [0.1, 0.15) is 0 Å². The average Bonchev–Trinajstić information content (AvgIpc) is 2.85. The Morgan fingerprint density at radius 2 is 1.76 bits per heavy atom. The van der Waals surface area contributed by atoms with Crippen molar-refractivity contribution in [3.8, 4) is 5.69 Å². The Kier molecular flexibility index (Phi) is 7.00. The highest BCUT2D eigenvalue weighted by Crippen LogP contribution is 2.26. The zero-order valence-electron chi connectivity index (χ0n) is 18.5. The molecule has 0 saturated carbocycles. The van der Waals surface area contributed by atoms with Gasteiger partial charge in [-0.05, 0) is 61.0 Å². The first-order valence-corrected chi connectivity index (χ1v) is 11.8. The number of hydrogen-bond acceptors (Lipinski definition) is 5. The van der Waals surface area contributed by atoms with Gasteiger partial charge in [-0.3, -0.25) is 19.0 Å². The fourth-order valence-corrected chi connectivity index (χ4v) is 4.41. The third kappa shape index (κ3) is 4.83. The van der Waals surface area contributed by atoms with Crippen molar-refractivity contribution in [1.29, 1.82) is 0 Å². The van der Waals surface area contributed by atoms with E-state index < -0.39 is 0 Å². The van der Waals surface area contributed by atoms with Gasteiger partial charge in [0, 0.05) is 23.3 Å². The lowest BCUT2D eigenvalue weighted by molar-refractivity contribution is -0.113. The van der Waals surface area contributed by atoms with E-state index in [9.17, 15) is 14.4 Å².